The summed E-state index contributed by atoms with van der Waals surface area (Å²) in [5.41, 5.74) is 1.14. The van der Waals surface area contributed by atoms with Gasteiger partial charge in [-0.05, 0) is 26.2 Å². The predicted octanol–water partition coefficient (Wildman–Crippen LogP) is 3.35. The van der Waals surface area contributed by atoms with Crippen molar-refractivity contribution in [3.63, 3.8) is 0 Å². The lowest BCUT2D eigenvalue weighted by Crippen LogP contribution is -2.23. The smallest absolute Gasteiger partial charge is 0.134 e. The standard InChI is InChI=1S/C14H24N4/c1-3-9-15-13-11(2)14(17-10-16-13)18-12-7-5-4-6-8-12/h10,12H,3-9H2,1-2H3,(H2,15,16,17,18). The Morgan fingerprint density at radius 3 is 2.61 bits per heavy atom. The molecular weight excluding hydrogens is 224 g/mol. The van der Waals surface area contributed by atoms with Crippen LogP contribution >= 0.6 is 0 Å². The molecule has 100 valence electrons. The van der Waals surface area contributed by atoms with Crippen LogP contribution in [0.4, 0.5) is 11.6 Å². The van der Waals surface area contributed by atoms with E-state index in [1.165, 1.54) is 32.1 Å². The molecule has 1 aromatic rings. The molecule has 2 N–H and O–H groups in total. The Bertz CT molecular complexity index is 372. The number of nitrogens with zero attached hydrogens (tertiary/aromatic N) is 2. The Morgan fingerprint density at radius 2 is 1.89 bits per heavy atom. The maximum Gasteiger partial charge on any atom is 0.134 e. The van der Waals surface area contributed by atoms with E-state index in [9.17, 15) is 0 Å². The minimum Gasteiger partial charge on any atom is -0.370 e. The van der Waals surface area contributed by atoms with Gasteiger partial charge in [-0.15, -0.1) is 0 Å². The minimum atomic E-state index is 0.589. The topological polar surface area (TPSA) is 49.8 Å². The zero-order valence-corrected chi connectivity index (χ0v) is 11.5. The van der Waals surface area contributed by atoms with Crippen molar-refractivity contribution in [2.24, 2.45) is 0 Å². The molecule has 0 aromatic carbocycles. The van der Waals surface area contributed by atoms with Crippen molar-refractivity contribution in [1.29, 1.82) is 0 Å². The van der Waals surface area contributed by atoms with Crippen LogP contribution < -0.4 is 10.6 Å². The summed E-state index contributed by atoms with van der Waals surface area (Å²) in [6.07, 6.45) is 9.34. The average molecular weight is 248 g/mol. The summed E-state index contributed by atoms with van der Waals surface area (Å²) in [6, 6.07) is 0.589. The molecule has 4 nitrogen and oxygen atoms in total. The quantitative estimate of drug-likeness (QED) is 0.839. The lowest BCUT2D eigenvalue weighted by Gasteiger charge is -2.24. The van der Waals surface area contributed by atoms with Crippen LogP contribution in [0.2, 0.25) is 0 Å². The van der Waals surface area contributed by atoms with Crippen LogP contribution in [0.1, 0.15) is 51.0 Å². The van der Waals surface area contributed by atoms with Crippen molar-refractivity contribution in [3.05, 3.63) is 11.9 Å². The minimum absolute atomic E-state index is 0.589. The van der Waals surface area contributed by atoms with E-state index in [0.29, 0.717) is 6.04 Å². The highest BCUT2D eigenvalue weighted by Crippen LogP contribution is 2.24. The molecule has 0 bridgehead atoms. The van der Waals surface area contributed by atoms with Crippen LogP contribution in [0.15, 0.2) is 6.33 Å². The first-order chi connectivity index (χ1) is 8.81. The summed E-state index contributed by atoms with van der Waals surface area (Å²) >= 11 is 0. The first-order valence-electron chi connectivity index (χ1n) is 7.13. The highest BCUT2D eigenvalue weighted by Gasteiger charge is 2.15. The molecule has 0 unspecified atom stereocenters. The molecule has 18 heavy (non-hydrogen) atoms. The van der Waals surface area contributed by atoms with Gasteiger partial charge in [-0.1, -0.05) is 26.2 Å². The van der Waals surface area contributed by atoms with Crippen molar-refractivity contribution in [2.75, 3.05) is 17.2 Å². The molecule has 1 aromatic heterocycles. The third-order valence-electron chi connectivity index (χ3n) is 3.57. The molecule has 1 aliphatic rings. The van der Waals surface area contributed by atoms with Gasteiger partial charge in [0.25, 0.3) is 0 Å². The van der Waals surface area contributed by atoms with Gasteiger partial charge in [-0.25, -0.2) is 9.97 Å². The zero-order chi connectivity index (χ0) is 12.8. The second-order valence-electron chi connectivity index (χ2n) is 5.10. The number of anilines is 2. The molecule has 0 amide bonds. The van der Waals surface area contributed by atoms with Crippen LogP contribution in [-0.4, -0.2) is 22.6 Å². The molecular formula is C14H24N4. The fraction of sp³-hybridized carbons (Fsp3) is 0.714. The van der Waals surface area contributed by atoms with Crippen LogP contribution in [0.3, 0.4) is 0 Å². The molecule has 1 fully saturated rings. The molecule has 1 aliphatic carbocycles. The zero-order valence-electron chi connectivity index (χ0n) is 11.5. The molecule has 0 saturated heterocycles. The van der Waals surface area contributed by atoms with Crippen LogP contribution in [0.25, 0.3) is 0 Å². The van der Waals surface area contributed by atoms with Gasteiger partial charge in [-0.2, -0.15) is 0 Å². The van der Waals surface area contributed by atoms with E-state index < -0.39 is 0 Å². The maximum absolute atomic E-state index is 4.38. The third-order valence-corrected chi connectivity index (χ3v) is 3.57. The number of nitrogens with one attached hydrogen (secondary N) is 2. The lowest BCUT2D eigenvalue weighted by atomic mass is 9.95. The molecule has 0 spiro atoms. The second kappa shape index (κ2) is 6.57. The van der Waals surface area contributed by atoms with E-state index in [0.717, 1.165) is 30.2 Å². The van der Waals surface area contributed by atoms with Gasteiger partial charge >= 0.3 is 0 Å². The molecule has 0 radical (unpaired) electrons. The van der Waals surface area contributed by atoms with Crippen molar-refractivity contribution in [3.8, 4) is 0 Å². The van der Waals surface area contributed by atoms with E-state index in [-0.39, 0.29) is 0 Å². The Balaban J connectivity index is 2.02. The molecule has 4 heteroatoms. The van der Waals surface area contributed by atoms with E-state index in [1.54, 1.807) is 6.33 Å². The van der Waals surface area contributed by atoms with E-state index in [2.05, 4.69) is 34.4 Å². The number of aromatic nitrogens is 2. The molecule has 0 aliphatic heterocycles. The Labute approximate surface area is 110 Å². The summed E-state index contributed by atoms with van der Waals surface area (Å²) in [6.45, 7) is 5.20. The van der Waals surface area contributed by atoms with E-state index in [4.69, 9.17) is 0 Å². The normalized spacial score (nSPS) is 16.6. The summed E-state index contributed by atoms with van der Waals surface area (Å²) in [7, 11) is 0. The molecule has 1 heterocycles. The summed E-state index contributed by atoms with van der Waals surface area (Å²) in [4.78, 5) is 8.69. The average Bonchev–Trinajstić information content (AvgIpc) is 2.41. The van der Waals surface area contributed by atoms with Gasteiger partial charge in [-0.3, -0.25) is 0 Å². The van der Waals surface area contributed by atoms with E-state index >= 15 is 0 Å². The molecule has 0 atom stereocenters. The monoisotopic (exact) mass is 248 g/mol. The lowest BCUT2D eigenvalue weighted by molar-refractivity contribution is 0.461. The fourth-order valence-electron chi connectivity index (χ4n) is 2.46. The predicted molar refractivity (Wildman–Crippen MR) is 76.0 cm³/mol. The first kappa shape index (κ1) is 13.1. The summed E-state index contributed by atoms with van der Waals surface area (Å²) in [5, 5.41) is 6.92. The van der Waals surface area contributed by atoms with Gasteiger partial charge in [0.15, 0.2) is 0 Å². The van der Waals surface area contributed by atoms with Crippen LogP contribution in [0, 0.1) is 6.92 Å². The van der Waals surface area contributed by atoms with Gasteiger partial charge in [0.2, 0.25) is 0 Å². The number of hydrogen-bond donors (Lipinski definition) is 2. The Hall–Kier alpha value is -1.32. The van der Waals surface area contributed by atoms with Crippen molar-refractivity contribution >= 4 is 11.6 Å². The van der Waals surface area contributed by atoms with Crippen LogP contribution in [-0.2, 0) is 0 Å². The SMILES string of the molecule is CCCNc1ncnc(NC2CCCCC2)c1C. The van der Waals surface area contributed by atoms with Gasteiger partial charge < -0.3 is 10.6 Å². The highest BCUT2D eigenvalue weighted by molar-refractivity contribution is 5.56. The molecule has 2 rings (SSSR count). The van der Waals surface area contributed by atoms with Gasteiger partial charge in [0, 0.05) is 18.2 Å². The largest absolute Gasteiger partial charge is 0.370 e. The Morgan fingerprint density at radius 1 is 1.17 bits per heavy atom. The van der Waals surface area contributed by atoms with Crippen LogP contribution in [0.5, 0.6) is 0 Å². The fourth-order valence-corrected chi connectivity index (χ4v) is 2.46. The second-order valence-corrected chi connectivity index (χ2v) is 5.10. The molecule has 1 saturated carbocycles. The van der Waals surface area contributed by atoms with Crippen molar-refractivity contribution in [2.45, 2.75) is 58.4 Å². The van der Waals surface area contributed by atoms with Gasteiger partial charge in [0.1, 0.15) is 18.0 Å². The third kappa shape index (κ3) is 3.34. The maximum atomic E-state index is 4.38. The highest BCUT2D eigenvalue weighted by atomic mass is 15.1. The number of hydrogen-bond acceptors (Lipinski definition) is 4. The summed E-state index contributed by atoms with van der Waals surface area (Å²) < 4.78 is 0. The first-order valence-corrected chi connectivity index (χ1v) is 7.13. The summed E-state index contributed by atoms with van der Waals surface area (Å²) in [5.74, 6) is 1.96. The van der Waals surface area contributed by atoms with Crippen molar-refractivity contribution < 1.29 is 0 Å². The Kier molecular flexibility index (Phi) is 4.79. The van der Waals surface area contributed by atoms with E-state index in [1.807, 2.05) is 0 Å². The number of rotatable bonds is 5. The van der Waals surface area contributed by atoms with Crippen molar-refractivity contribution in [1.82, 2.24) is 9.97 Å². The van der Waals surface area contributed by atoms with Gasteiger partial charge in [0.05, 0.1) is 0 Å².